The van der Waals surface area contributed by atoms with Gasteiger partial charge in [-0.25, -0.2) is 8.42 Å². The predicted octanol–water partition coefficient (Wildman–Crippen LogP) is 3.57. The Morgan fingerprint density at radius 1 is 1.00 bits per heavy atom. The normalized spacial score (nSPS) is 25.3. The van der Waals surface area contributed by atoms with Crippen LogP contribution in [0.15, 0.2) is 23.1 Å². The molecule has 2 fully saturated rings. The zero-order valence-corrected chi connectivity index (χ0v) is 16.9. The molecule has 0 spiro atoms. The molecule has 0 aromatic heterocycles. The lowest BCUT2D eigenvalue weighted by Crippen LogP contribution is -2.47. The number of rotatable bonds is 3. The highest BCUT2D eigenvalue weighted by atomic mass is 32.2. The molecular weight excluding hydrogens is 348 g/mol. The summed E-state index contributed by atoms with van der Waals surface area (Å²) in [7, 11) is -3.54. The Kier molecular flexibility index (Phi) is 5.72. The van der Waals surface area contributed by atoms with Gasteiger partial charge in [-0.2, -0.15) is 4.31 Å². The lowest BCUT2D eigenvalue weighted by molar-refractivity contribution is 0.0510. The van der Waals surface area contributed by atoms with E-state index in [-0.39, 0.29) is 22.9 Å². The van der Waals surface area contributed by atoms with Crippen LogP contribution in [0, 0.1) is 6.92 Å². The Morgan fingerprint density at radius 3 is 2.23 bits per heavy atom. The van der Waals surface area contributed by atoms with Crippen LogP contribution in [0.2, 0.25) is 0 Å². The molecule has 2 saturated heterocycles. The fraction of sp³-hybridized carbons (Fsp3) is 0.650. The quantitative estimate of drug-likeness (QED) is 0.808. The van der Waals surface area contributed by atoms with Crippen LogP contribution in [-0.4, -0.2) is 48.7 Å². The topological polar surface area (TPSA) is 57.7 Å². The van der Waals surface area contributed by atoms with Gasteiger partial charge in [0.15, 0.2) is 0 Å². The summed E-state index contributed by atoms with van der Waals surface area (Å²) in [5.41, 5.74) is 1.18. The SMILES string of the molecule is Cc1ccc(C(=O)N2C(C)CCCC2C)cc1S(=O)(=O)N1CCCCC1. The van der Waals surface area contributed by atoms with Crippen molar-refractivity contribution in [3.63, 3.8) is 0 Å². The largest absolute Gasteiger partial charge is 0.333 e. The van der Waals surface area contributed by atoms with Crippen molar-refractivity contribution in [1.29, 1.82) is 0 Å². The number of nitrogens with zero attached hydrogens (tertiary/aromatic N) is 2. The van der Waals surface area contributed by atoms with Gasteiger partial charge in [0.1, 0.15) is 0 Å². The number of sulfonamides is 1. The first kappa shape index (κ1) is 19.4. The highest BCUT2D eigenvalue weighted by molar-refractivity contribution is 7.89. The molecule has 3 rings (SSSR count). The van der Waals surface area contributed by atoms with Gasteiger partial charge in [-0.15, -0.1) is 0 Å². The number of hydrogen-bond donors (Lipinski definition) is 0. The molecule has 0 bridgehead atoms. The van der Waals surface area contributed by atoms with Crippen LogP contribution in [0.4, 0.5) is 0 Å². The van der Waals surface area contributed by atoms with Crippen LogP contribution >= 0.6 is 0 Å². The van der Waals surface area contributed by atoms with E-state index in [0.717, 1.165) is 38.5 Å². The summed E-state index contributed by atoms with van der Waals surface area (Å²) in [6.07, 6.45) is 6.02. The van der Waals surface area contributed by atoms with Gasteiger partial charge in [0.05, 0.1) is 4.90 Å². The Hall–Kier alpha value is -1.40. The van der Waals surface area contributed by atoms with E-state index >= 15 is 0 Å². The smallest absolute Gasteiger partial charge is 0.254 e. The van der Waals surface area contributed by atoms with Crippen LogP contribution in [0.1, 0.15) is 68.3 Å². The zero-order chi connectivity index (χ0) is 18.9. The third kappa shape index (κ3) is 3.67. The average molecular weight is 379 g/mol. The van der Waals surface area contributed by atoms with E-state index in [4.69, 9.17) is 0 Å². The lowest BCUT2D eigenvalue weighted by Gasteiger charge is -2.39. The van der Waals surface area contributed by atoms with Crippen LogP contribution in [0.3, 0.4) is 0 Å². The molecule has 1 aromatic carbocycles. The molecule has 0 aliphatic carbocycles. The van der Waals surface area contributed by atoms with Crippen molar-refractivity contribution in [2.45, 2.75) is 76.3 Å². The van der Waals surface area contributed by atoms with Crippen LogP contribution in [0.25, 0.3) is 0 Å². The van der Waals surface area contributed by atoms with Crippen LogP contribution < -0.4 is 0 Å². The molecule has 5 nitrogen and oxygen atoms in total. The molecule has 0 N–H and O–H groups in total. The molecule has 2 atom stereocenters. The highest BCUT2D eigenvalue weighted by Crippen LogP contribution is 2.28. The second kappa shape index (κ2) is 7.69. The molecule has 26 heavy (non-hydrogen) atoms. The summed E-state index contributed by atoms with van der Waals surface area (Å²) in [6.45, 7) is 7.10. The maximum Gasteiger partial charge on any atom is 0.254 e. The molecular formula is C20H30N2O3S. The van der Waals surface area contributed by atoms with Gasteiger partial charge in [0, 0.05) is 30.7 Å². The number of likely N-dealkylation sites (tertiary alicyclic amines) is 1. The molecule has 0 saturated carbocycles. The summed E-state index contributed by atoms with van der Waals surface area (Å²) in [6, 6.07) is 5.50. The Morgan fingerprint density at radius 2 is 1.62 bits per heavy atom. The molecule has 0 radical (unpaired) electrons. The predicted molar refractivity (Wildman–Crippen MR) is 103 cm³/mol. The second-order valence-corrected chi connectivity index (χ2v) is 9.69. The minimum absolute atomic E-state index is 0.0557. The van der Waals surface area contributed by atoms with Crippen molar-refractivity contribution in [3.8, 4) is 0 Å². The van der Waals surface area contributed by atoms with Crippen molar-refractivity contribution in [2.75, 3.05) is 13.1 Å². The van der Waals surface area contributed by atoms with Crippen molar-refractivity contribution in [3.05, 3.63) is 29.3 Å². The van der Waals surface area contributed by atoms with E-state index in [1.54, 1.807) is 29.4 Å². The van der Waals surface area contributed by atoms with Crippen molar-refractivity contribution in [2.24, 2.45) is 0 Å². The molecule has 1 amide bonds. The van der Waals surface area contributed by atoms with Gasteiger partial charge in [0.2, 0.25) is 10.0 Å². The first-order valence-corrected chi connectivity index (χ1v) is 11.2. The molecule has 6 heteroatoms. The average Bonchev–Trinajstić information content (AvgIpc) is 2.62. The van der Waals surface area contributed by atoms with E-state index in [9.17, 15) is 13.2 Å². The minimum atomic E-state index is -3.54. The second-order valence-electron chi connectivity index (χ2n) is 7.79. The van der Waals surface area contributed by atoms with Gasteiger partial charge in [-0.3, -0.25) is 4.79 Å². The van der Waals surface area contributed by atoms with E-state index < -0.39 is 10.0 Å². The minimum Gasteiger partial charge on any atom is -0.333 e. The monoisotopic (exact) mass is 378 g/mol. The molecule has 2 aliphatic rings. The first-order chi connectivity index (χ1) is 12.3. The van der Waals surface area contributed by atoms with Gasteiger partial charge >= 0.3 is 0 Å². The molecule has 1 aromatic rings. The number of aryl methyl sites for hydroxylation is 1. The van der Waals surface area contributed by atoms with Gasteiger partial charge in [-0.1, -0.05) is 12.5 Å². The Balaban J connectivity index is 1.93. The number of carbonyl (C=O) groups is 1. The summed E-state index contributed by atoms with van der Waals surface area (Å²) in [5, 5.41) is 0. The fourth-order valence-electron chi connectivity index (χ4n) is 4.23. The van der Waals surface area contributed by atoms with E-state index in [0.29, 0.717) is 24.2 Å². The van der Waals surface area contributed by atoms with E-state index in [1.165, 1.54) is 0 Å². The van der Waals surface area contributed by atoms with Crippen LogP contribution in [-0.2, 0) is 10.0 Å². The standard InChI is InChI=1S/C20H30N2O3S/c1-15-10-11-18(20(23)22-16(2)8-7-9-17(22)3)14-19(15)26(24,25)21-12-5-4-6-13-21/h10-11,14,16-17H,4-9,12-13H2,1-3H3. The maximum atomic E-state index is 13.1. The fourth-order valence-corrected chi connectivity index (χ4v) is 5.99. The first-order valence-electron chi connectivity index (χ1n) is 9.76. The number of hydrogen-bond acceptors (Lipinski definition) is 3. The lowest BCUT2D eigenvalue weighted by atomic mass is 9.96. The summed E-state index contributed by atoms with van der Waals surface area (Å²) < 4.78 is 27.7. The van der Waals surface area contributed by atoms with E-state index in [1.807, 2.05) is 4.90 Å². The number of amides is 1. The Labute approximate surface area is 157 Å². The molecule has 2 heterocycles. The number of carbonyl (C=O) groups excluding carboxylic acids is 1. The number of piperidine rings is 2. The van der Waals surface area contributed by atoms with Crippen molar-refractivity contribution >= 4 is 15.9 Å². The van der Waals surface area contributed by atoms with Crippen molar-refractivity contribution < 1.29 is 13.2 Å². The number of benzene rings is 1. The third-order valence-corrected chi connectivity index (χ3v) is 7.84. The van der Waals surface area contributed by atoms with Crippen LogP contribution in [0.5, 0.6) is 0 Å². The molecule has 2 unspecified atom stereocenters. The van der Waals surface area contributed by atoms with Gasteiger partial charge < -0.3 is 4.90 Å². The summed E-state index contributed by atoms with van der Waals surface area (Å²) >= 11 is 0. The van der Waals surface area contributed by atoms with Gasteiger partial charge in [0.25, 0.3) is 5.91 Å². The zero-order valence-electron chi connectivity index (χ0n) is 16.1. The summed E-state index contributed by atoms with van der Waals surface area (Å²) in [4.78, 5) is 15.3. The van der Waals surface area contributed by atoms with Crippen molar-refractivity contribution in [1.82, 2.24) is 9.21 Å². The molecule has 2 aliphatic heterocycles. The maximum absolute atomic E-state index is 13.1. The van der Waals surface area contributed by atoms with E-state index in [2.05, 4.69) is 13.8 Å². The third-order valence-electron chi connectivity index (χ3n) is 5.80. The highest BCUT2D eigenvalue weighted by Gasteiger charge is 2.32. The van der Waals surface area contributed by atoms with Gasteiger partial charge in [-0.05, 0) is 70.6 Å². The Bertz CT molecular complexity index is 759. The summed E-state index contributed by atoms with van der Waals surface area (Å²) in [5.74, 6) is -0.0557. The molecule has 144 valence electrons.